The molecule has 4 aromatic carbocycles. The highest BCUT2D eigenvalue weighted by Gasteiger charge is 2.47. The number of carbonyl (C=O) groups excluding carboxylic acids is 3. The standard InChI is InChI=1S/C37H39N3O3/c1-2-3-23-38-37(43)35-32(24-29-19-21-31(22-20-29)30-17-11-6-12-18-30)39-36(42)33(25-27-13-7-4-8-14-27)40(35)34(41)26-28-15-9-5-10-16-28/h4-22,32-33,35H,2-3,23-26H2,1H3,(H,38,43)(H,39,42). The molecule has 220 valence electrons. The predicted molar refractivity (Wildman–Crippen MR) is 170 cm³/mol. The van der Waals surface area contributed by atoms with Crippen molar-refractivity contribution in [2.24, 2.45) is 0 Å². The number of carbonyl (C=O) groups is 3. The molecular weight excluding hydrogens is 534 g/mol. The lowest BCUT2D eigenvalue weighted by Gasteiger charge is -2.45. The molecule has 0 spiro atoms. The molecule has 43 heavy (non-hydrogen) atoms. The topological polar surface area (TPSA) is 78.5 Å². The fraction of sp³-hybridized carbons (Fsp3) is 0.270. The largest absolute Gasteiger partial charge is 0.354 e. The predicted octanol–water partition coefficient (Wildman–Crippen LogP) is 5.36. The summed E-state index contributed by atoms with van der Waals surface area (Å²) in [5.74, 6) is -0.713. The Kier molecular flexibility index (Phi) is 10.0. The van der Waals surface area contributed by atoms with Crippen LogP contribution < -0.4 is 10.6 Å². The monoisotopic (exact) mass is 573 g/mol. The first-order valence-electron chi connectivity index (χ1n) is 15.1. The number of unbranched alkanes of at least 4 members (excludes halogenated alkanes) is 1. The summed E-state index contributed by atoms with van der Waals surface area (Å²) in [5, 5.41) is 6.22. The molecule has 5 rings (SSSR count). The molecule has 3 atom stereocenters. The van der Waals surface area contributed by atoms with Gasteiger partial charge in [0, 0.05) is 13.0 Å². The fourth-order valence-corrected chi connectivity index (χ4v) is 5.77. The Morgan fingerprint density at radius 2 is 1.28 bits per heavy atom. The molecule has 4 aromatic rings. The minimum absolute atomic E-state index is 0.108. The summed E-state index contributed by atoms with van der Waals surface area (Å²) < 4.78 is 0. The van der Waals surface area contributed by atoms with E-state index in [1.165, 1.54) is 0 Å². The average molecular weight is 574 g/mol. The maximum Gasteiger partial charge on any atom is 0.244 e. The summed E-state index contributed by atoms with van der Waals surface area (Å²) in [6.07, 6.45) is 2.62. The molecule has 1 heterocycles. The number of hydrogen-bond acceptors (Lipinski definition) is 3. The van der Waals surface area contributed by atoms with Crippen LogP contribution in [-0.4, -0.2) is 47.3 Å². The quantitative estimate of drug-likeness (QED) is 0.237. The molecule has 2 N–H and O–H groups in total. The zero-order valence-electron chi connectivity index (χ0n) is 24.6. The minimum Gasteiger partial charge on any atom is -0.354 e. The number of nitrogens with one attached hydrogen (secondary N) is 2. The van der Waals surface area contributed by atoms with Gasteiger partial charge in [0.2, 0.25) is 17.7 Å². The van der Waals surface area contributed by atoms with Crippen LogP contribution in [-0.2, 0) is 33.6 Å². The van der Waals surface area contributed by atoms with Gasteiger partial charge in [-0.1, -0.05) is 129 Å². The second-order valence-corrected chi connectivity index (χ2v) is 11.1. The highest BCUT2D eigenvalue weighted by molar-refractivity contribution is 5.96. The lowest BCUT2D eigenvalue weighted by Crippen LogP contribution is -2.71. The number of benzene rings is 4. The Balaban J connectivity index is 1.48. The average Bonchev–Trinajstić information content (AvgIpc) is 3.04. The Morgan fingerprint density at radius 1 is 0.721 bits per heavy atom. The molecule has 0 bridgehead atoms. The Hall–Kier alpha value is -4.71. The zero-order chi connectivity index (χ0) is 30.0. The van der Waals surface area contributed by atoms with Crippen LogP contribution in [0.5, 0.6) is 0 Å². The lowest BCUT2D eigenvalue weighted by molar-refractivity contribution is -0.153. The maximum atomic E-state index is 14.1. The molecule has 0 aliphatic carbocycles. The number of hydrogen-bond donors (Lipinski definition) is 2. The summed E-state index contributed by atoms with van der Waals surface area (Å²) >= 11 is 0. The van der Waals surface area contributed by atoms with Crippen LogP contribution in [0.1, 0.15) is 36.5 Å². The molecule has 1 fully saturated rings. The molecule has 0 radical (unpaired) electrons. The zero-order valence-corrected chi connectivity index (χ0v) is 24.6. The molecule has 0 aromatic heterocycles. The van der Waals surface area contributed by atoms with Gasteiger partial charge in [0.05, 0.1) is 12.5 Å². The first-order chi connectivity index (χ1) is 21.0. The van der Waals surface area contributed by atoms with Crippen molar-refractivity contribution >= 4 is 17.7 Å². The molecule has 3 unspecified atom stereocenters. The summed E-state index contributed by atoms with van der Waals surface area (Å²) in [7, 11) is 0. The van der Waals surface area contributed by atoms with Gasteiger partial charge in [-0.05, 0) is 40.7 Å². The van der Waals surface area contributed by atoms with Crippen LogP contribution in [0.4, 0.5) is 0 Å². The van der Waals surface area contributed by atoms with Gasteiger partial charge in [0.25, 0.3) is 0 Å². The first kappa shape index (κ1) is 29.8. The van der Waals surface area contributed by atoms with E-state index in [2.05, 4.69) is 41.8 Å². The van der Waals surface area contributed by atoms with Gasteiger partial charge in [-0.3, -0.25) is 14.4 Å². The van der Waals surface area contributed by atoms with Crippen molar-refractivity contribution in [1.82, 2.24) is 15.5 Å². The van der Waals surface area contributed by atoms with Crippen molar-refractivity contribution in [2.45, 2.75) is 57.2 Å². The van der Waals surface area contributed by atoms with E-state index >= 15 is 0 Å². The normalized spacial score (nSPS) is 18.1. The van der Waals surface area contributed by atoms with Crippen LogP contribution in [0.2, 0.25) is 0 Å². The molecule has 6 heteroatoms. The maximum absolute atomic E-state index is 14.1. The van der Waals surface area contributed by atoms with Gasteiger partial charge in [0.15, 0.2) is 0 Å². The molecule has 1 aliphatic rings. The number of piperazine rings is 1. The highest BCUT2D eigenvalue weighted by atomic mass is 16.2. The molecular formula is C37H39N3O3. The van der Waals surface area contributed by atoms with Crippen LogP contribution in [0.3, 0.4) is 0 Å². The molecule has 1 aliphatic heterocycles. The SMILES string of the molecule is CCCCNC(=O)C1C(Cc2ccc(-c3ccccc3)cc2)NC(=O)C(Cc2ccccc2)N1C(=O)Cc1ccccc1. The fourth-order valence-electron chi connectivity index (χ4n) is 5.77. The third-order valence-corrected chi connectivity index (χ3v) is 8.02. The van der Waals surface area contributed by atoms with Gasteiger partial charge >= 0.3 is 0 Å². The highest BCUT2D eigenvalue weighted by Crippen LogP contribution is 2.25. The number of amides is 3. The van der Waals surface area contributed by atoms with Crippen molar-refractivity contribution in [3.63, 3.8) is 0 Å². The van der Waals surface area contributed by atoms with Crippen molar-refractivity contribution in [2.75, 3.05) is 6.54 Å². The van der Waals surface area contributed by atoms with E-state index in [1.807, 2.05) is 91.0 Å². The van der Waals surface area contributed by atoms with Crippen molar-refractivity contribution < 1.29 is 14.4 Å². The summed E-state index contributed by atoms with van der Waals surface area (Å²) in [6.45, 7) is 2.59. The van der Waals surface area contributed by atoms with E-state index in [1.54, 1.807) is 4.90 Å². The van der Waals surface area contributed by atoms with E-state index in [0.717, 1.165) is 40.7 Å². The van der Waals surface area contributed by atoms with E-state index in [0.29, 0.717) is 19.4 Å². The van der Waals surface area contributed by atoms with E-state index in [-0.39, 0.29) is 24.1 Å². The Morgan fingerprint density at radius 3 is 1.91 bits per heavy atom. The molecule has 1 saturated heterocycles. The number of rotatable bonds is 11. The van der Waals surface area contributed by atoms with E-state index in [4.69, 9.17) is 0 Å². The second kappa shape index (κ2) is 14.5. The molecule has 0 saturated carbocycles. The van der Waals surface area contributed by atoms with Crippen LogP contribution in [0.25, 0.3) is 11.1 Å². The Bertz CT molecular complexity index is 1490. The van der Waals surface area contributed by atoms with E-state index < -0.39 is 18.1 Å². The van der Waals surface area contributed by atoms with Crippen molar-refractivity contribution in [1.29, 1.82) is 0 Å². The van der Waals surface area contributed by atoms with Gasteiger partial charge < -0.3 is 15.5 Å². The Labute approximate surface area is 254 Å². The van der Waals surface area contributed by atoms with Crippen LogP contribution >= 0.6 is 0 Å². The first-order valence-corrected chi connectivity index (χ1v) is 15.1. The van der Waals surface area contributed by atoms with Gasteiger partial charge in [-0.15, -0.1) is 0 Å². The van der Waals surface area contributed by atoms with Crippen molar-refractivity contribution in [3.8, 4) is 11.1 Å². The molecule has 3 amide bonds. The third kappa shape index (κ3) is 7.58. The second-order valence-electron chi connectivity index (χ2n) is 11.1. The smallest absolute Gasteiger partial charge is 0.244 e. The number of nitrogens with zero attached hydrogens (tertiary/aromatic N) is 1. The molecule has 6 nitrogen and oxygen atoms in total. The summed E-state index contributed by atoms with van der Waals surface area (Å²) in [5.41, 5.74) is 4.96. The third-order valence-electron chi connectivity index (χ3n) is 8.02. The van der Waals surface area contributed by atoms with Crippen LogP contribution in [0, 0.1) is 0 Å². The van der Waals surface area contributed by atoms with E-state index in [9.17, 15) is 14.4 Å². The summed E-state index contributed by atoms with van der Waals surface area (Å²) in [4.78, 5) is 43.4. The lowest BCUT2D eigenvalue weighted by atomic mass is 9.89. The van der Waals surface area contributed by atoms with Gasteiger partial charge in [-0.2, -0.15) is 0 Å². The van der Waals surface area contributed by atoms with Gasteiger partial charge in [-0.25, -0.2) is 0 Å². The summed E-state index contributed by atoms with van der Waals surface area (Å²) in [6, 6.07) is 35.2. The van der Waals surface area contributed by atoms with Crippen molar-refractivity contribution in [3.05, 3.63) is 132 Å². The minimum atomic E-state index is -0.853. The van der Waals surface area contributed by atoms with Gasteiger partial charge in [0.1, 0.15) is 12.1 Å². The van der Waals surface area contributed by atoms with Crippen LogP contribution in [0.15, 0.2) is 115 Å².